The number of methoxy groups -OCH3 is 2. The van der Waals surface area contributed by atoms with E-state index in [1.165, 1.54) is 0 Å². The minimum Gasteiger partial charge on any atom is -0.496 e. The highest BCUT2D eigenvalue weighted by atomic mass is 35.5. The summed E-state index contributed by atoms with van der Waals surface area (Å²) in [6.07, 6.45) is -0.639. The van der Waals surface area contributed by atoms with E-state index in [-0.39, 0.29) is 18.3 Å². The van der Waals surface area contributed by atoms with Gasteiger partial charge in [-0.3, -0.25) is 0 Å². The lowest BCUT2D eigenvalue weighted by Crippen LogP contribution is -2.31. The average molecular weight is 276 g/mol. The molecule has 18 heavy (non-hydrogen) atoms. The highest BCUT2D eigenvalue weighted by molar-refractivity contribution is 5.85. The Bertz CT molecular complexity index is 349. The fourth-order valence-corrected chi connectivity index (χ4v) is 1.79. The number of benzene rings is 1. The van der Waals surface area contributed by atoms with Gasteiger partial charge < -0.3 is 20.3 Å². The van der Waals surface area contributed by atoms with Crippen molar-refractivity contribution in [3.8, 4) is 11.5 Å². The molecule has 0 aliphatic rings. The first-order valence-corrected chi connectivity index (χ1v) is 5.67. The molecule has 0 aliphatic heterocycles. The van der Waals surface area contributed by atoms with Crippen LogP contribution in [-0.4, -0.2) is 25.4 Å². The first-order valence-electron chi connectivity index (χ1n) is 5.67. The molecule has 0 aliphatic carbocycles. The van der Waals surface area contributed by atoms with Crippen molar-refractivity contribution in [2.24, 2.45) is 11.7 Å². The third-order valence-corrected chi connectivity index (χ3v) is 2.85. The number of ether oxygens (including phenoxy) is 2. The van der Waals surface area contributed by atoms with Crippen LogP contribution in [0.4, 0.5) is 0 Å². The average Bonchev–Trinajstić information content (AvgIpc) is 2.35. The van der Waals surface area contributed by atoms with Crippen molar-refractivity contribution >= 4 is 12.4 Å². The third-order valence-electron chi connectivity index (χ3n) is 2.85. The number of nitrogens with two attached hydrogens (primary N) is 1. The van der Waals surface area contributed by atoms with Crippen LogP contribution in [0.1, 0.15) is 25.5 Å². The molecule has 1 aromatic rings. The summed E-state index contributed by atoms with van der Waals surface area (Å²) in [5, 5.41) is 10.1. The SMILES string of the molecule is COc1cccc(OC)c1[C@H](N)[C@H](O)C(C)C.Cl. The van der Waals surface area contributed by atoms with Gasteiger partial charge in [-0.2, -0.15) is 0 Å². The predicted octanol–water partition coefficient (Wildman–Crippen LogP) is 2.14. The minimum absolute atomic E-state index is 0. The van der Waals surface area contributed by atoms with Crippen LogP contribution in [0.15, 0.2) is 18.2 Å². The van der Waals surface area contributed by atoms with Gasteiger partial charge in [0.2, 0.25) is 0 Å². The maximum Gasteiger partial charge on any atom is 0.127 e. The van der Waals surface area contributed by atoms with E-state index in [1.54, 1.807) is 14.2 Å². The van der Waals surface area contributed by atoms with Crippen molar-refractivity contribution in [1.29, 1.82) is 0 Å². The molecular weight excluding hydrogens is 254 g/mol. The molecule has 0 saturated heterocycles. The fraction of sp³-hybridized carbons (Fsp3) is 0.538. The monoisotopic (exact) mass is 275 g/mol. The normalized spacial score (nSPS) is 13.7. The maximum absolute atomic E-state index is 10.1. The van der Waals surface area contributed by atoms with Crippen LogP contribution in [0.5, 0.6) is 11.5 Å². The smallest absolute Gasteiger partial charge is 0.127 e. The van der Waals surface area contributed by atoms with Gasteiger partial charge in [0.1, 0.15) is 11.5 Å². The van der Waals surface area contributed by atoms with Crippen molar-refractivity contribution in [3.05, 3.63) is 23.8 Å². The van der Waals surface area contributed by atoms with E-state index >= 15 is 0 Å². The summed E-state index contributed by atoms with van der Waals surface area (Å²) >= 11 is 0. The van der Waals surface area contributed by atoms with Gasteiger partial charge >= 0.3 is 0 Å². The van der Waals surface area contributed by atoms with Crippen molar-refractivity contribution in [2.45, 2.75) is 26.0 Å². The highest BCUT2D eigenvalue weighted by Gasteiger charge is 2.26. The van der Waals surface area contributed by atoms with Gasteiger partial charge in [-0.25, -0.2) is 0 Å². The summed E-state index contributed by atoms with van der Waals surface area (Å²) in [4.78, 5) is 0. The summed E-state index contributed by atoms with van der Waals surface area (Å²) < 4.78 is 10.5. The molecule has 0 aromatic heterocycles. The Hall–Kier alpha value is -0.970. The number of aliphatic hydroxyl groups excluding tert-OH is 1. The van der Waals surface area contributed by atoms with Crippen LogP contribution in [0.25, 0.3) is 0 Å². The van der Waals surface area contributed by atoms with Gasteiger partial charge in [0, 0.05) is 0 Å². The van der Waals surface area contributed by atoms with Crippen molar-refractivity contribution in [1.82, 2.24) is 0 Å². The zero-order chi connectivity index (χ0) is 13.0. The highest BCUT2D eigenvalue weighted by Crippen LogP contribution is 2.35. The molecule has 5 heteroatoms. The summed E-state index contributed by atoms with van der Waals surface area (Å²) in [7, 11) is 3.15. The predicted molar refractivity (Wildman–Crippen MR) is 74.6 cm³/mol. The maximum atomic E-state index is 10.1. The molecule has 0 fully saturated rings. The Morgan fingerprint density at radius 2 is 1.56 bits per heavy atom. The molecule has 1 rings (SSSR count). The van der Waals surface area contributed by atoms with Gasteiger partial charge in [-0.05, 0) is 18.1 Å². The van der Waals surface area contributed by atoms with E-state index in [0.717, 1.165) is 0 Å². The largest absolute Gasteiger partial charge is 0.496 e. The summed E-state index contributed by atoms with van der Waals surface area (Å²) in [5.74, 6) is 1.34. The zero-order valence-electron chi connectivity index (χ0n) is 11.2. The number of hydrogen-bond donors (Lipinski definition) is 2. The summed E-state index contributed by atoms with van der Waals surface area (Å²) in [5.41, 5.74) is 6.79. The van der Waals surface area contributed by atoms with Crippen LogP contribution in [0.3, 0.4) is 0 Å². The summed E-state index contributed by atoms with van der Waals surface area (Å²) in [6.45, 7) is 3.85. The Morgan fingerprint density at radius 1 is 1.11 bits per heavy atom. The molecule has 0 unspecified atom stereocenters. The standard InChI is InChI=1S/C13H21NO3.ClH/c1-8(2)13(15)12(14)11-9(16-3)6-5-7-10(11)17-4;/h5-8,12-13,15H,14H2,1-4H3;1H/t12-,13+;/m0./s1. The van der Waals surface area contributed by atoms with Crippen molar-refractivity contribution in [3.63, 3.8) is 0 Å². The van der Waals surface area contributed by atoms with Gasteiger partial charge in [-0.15, -0.1) is 12.4 Å². The van der Waals surface area contributed by atoms with Gasteiger partial charge in [0.15, 0.2) is 0 Å². The third kappa shape index (κ3) is 3.51. The van der Waals surface area contributed by atoms with Gasteiger partial charge in [0.05, 0.1) is 31.9 Å². The molecule has 0 spiro atoms. The number of hydrogen-bond acceptors (Lipinski definition) is 4. The molecule has 1 aromatic carbocycles. The number of halogens is 1. The van der Waals surface area contributed by atoms with E-state index < -0.39 is 12.1 Å². The molecular formula is C13H22ClNO3. The second-order valence-electron chi connectivity index (χ2n) is 4.34. The van der Waals surface area contributed by atoms with Crippen LogP contribution in [0.2, 0.25) is 0 Å². The molecule has 2 atom stereocenters. The number of rotatable bonds is 5. The Labute approximate surface area is 115 Å². The lowest BCUT2D eigenvalue weighted by atomic mass is 9.93. The second kappa shape index (κ2) is 7.46. The van der Waals surface area contributed by atoms with Crippen molar-refractivity contribution in [2.75, 3.05) is 14.2 Å². The van der Waals surface area contributed by atoms with E-state index in [0.29, 0.717) is 17.1 Å². The minimum atomic E-state index is -0.639. The molecule has 0 radical (unpaired) electrons. The van der Waals surface area contributed by atoms with Crippen LogP contribution < -0.4 is 15.2 Å². The quantitative estimate of drug-likeness (QED) is 0.864. The first-order chi connectivity index (χ1) is 8.02. The summed E-state index contributed by atoms with van der Waals surface area (Å²) in [6, 6.07) is 4.92. The molecule has 3 N–H and O–H groups in total. The van der Waals surface area contributed by atoms with Crippen molar-refractivity contribution < 1.29 is 14.6 Å². The van der Waals surface area contributed by atoms with Gasteiger partial charge in [0.25, 0.3) is 0 Å². The molecule has 0 saturated carbocycles. The second-order valence-corrected chi connectivity index (χ2v) is 4.34. The topological polar surface area (TPSA) is 64.7 Å². The van der Waals surface area contributed by atoms with E-state index in [1.807, 2.05) is 32.0 Å². The molecule has 4 nitrogen and oxygen atoms in total. The van der Waals surface area contributed by atoms with Crippen LogP contribution >= 0.6 is 12.4 Å². The van der Waals surface area contributed by atoms with E-state index in [4.69, 9.17) is 15.2 Å². The van der Waals surface area contributed by atoms with E-state index in [9.17, 15) is 5.11 Å². The lowest BCUT2D eigenvalue weighted by Gasteiger charge is -2.25. The van der Waals surface area contributed by atoms with Crippen LogP contribution in [-0.2, 0) is 0 Å². The Morgan fingerprint density at radius 3 is 1.89 bits per heavy atom. The molecule has 0 bridgehead atoms. The molecule has 0 heterocycles. The van der Waals surface area contributed by atoms with Gasteiger partial charge in [-0.1, -0.05) is 19.9 Å². The fourth-order valence-electron chi connectivity index (χ4n) is 1.79. The lowest BCUT2D eigenvalue weighted by molar-refractivity contribution is 0.0959. The number of aliphatic hydroxyl groups is 1. The Kier molecular flexibility index (Phi) is 7.06. The molecule has 0 amide bonds. The first kappa shape index (κ1) is 17.0. The van der Waals surface area contributed by atoms with E-state index in [2.05, 4.69) is 0 Å². The van der Waals surface area contributed by atoms with Crippen LogP contribution in [0, 0.1) is 5.92 Å². The Balaban J connectivity index is 0.00000289. The zero-order valence-corrected chi connectivity index (χ0v) is 12.0. The molecule has 104 valence electrons.